The van der Waals surface area contributed by atoms with E-state index in [2.05, 4.69) is 33.9 Å². The number of halogens is 2. The van der Waals surface area contributed by atoms with E-state index in [1.807, 2.05) is 42.5 Å². The molecule has 0 saturated carbocycles. The van der Waals surface area contributed by atoms with Gasteiger partial charge in [-0.05, 0) is 59.0 Å². The van der Waals surface area contributed by atoms with Crippen molar-refractivity contribution in [3.05, 3.63) is 124 Å². The number of pyridine rings is 1. The number of aromatic nitrogens is 3. The van der Waals surface area contributed by atoms with Crippen molar-refractivity contribution in [3.8, 4) is 0 Å². The molecular weight excluding hydrogens is 519 g/mol. The molecule has 0 unspecified atom stereocenters. The Labute approximate surface area is 230 Å². The van der Waals surface area contributed by atoms with Gasteiger partial charge in [0.25, 0.3) is 5.91 Å². The summed E-state index contributed by atoms with van der Waals surface area (Å²) in [5.41, 5.74) is 6.58. The largest absolute Gasteiger partial charge is 0.348 e. The number of benzene rings is 3. The van der Waals surface area contributed by atoms with Crippen LogP contribution in [0.15, 0.2) is 90.3 Å². The fourth-order valence-corrected chi connectivity index (χ4v) is 5.44. The second kappa shape index (κ2) is 11.8. The highest BCUT2D eigenvalue weighted by Gasteiger charge is 2.14. The molecule has 2 aromatic heterocycles. The lowest BCUT2D eigenvalue weighted by molar-refractivity contribution is 0.0951. The molecule has 5 nitrogen and oxygen atoms in total. The summed E-state index contributed by atoms with van der Waals surface area (Å²) in [6.45, 7) is 3.17. The molecule has 0 aliphatic carbocycles. The van der Waals surface area contributed by atoms with Crippen LogP contribution in [0.3, 0.4) is 0 Å². The average Bonchev–Trinajstić information content (AvgIpc) is 3.29. The minimum absolute atomic E-state index is 0.110. The smallest absolute Gasteiger partial charge is 0.251 e. The summed E-state index contributed by atoms with van der Waals surface area (Å²) in [5.74, 6) is 0.0847. The second-order valence-corrected chi connectivity index (χ2v) is 10.3. The van der Waals surface area contributed by atoms with E-state index in [1.165, 1.54) is 29.5 Å². The topological polar surface area (TPSA) is 59.8 Å². The second-order valence-electron chi connectivity index (χ2n) is 8.92. The zero-order valence-electron chi connectivity index (χ0n) is 20.8. The van der Waals surface area contributed by atoms with Gasteiger partial charge in [0.05, 0.1) is 23.8 Å². The Hall–Kier alpha value is -3.68. The number of hydrogen-bond donors (Lipinski definition) is 1. The van der Waals surface area contributed by atoms with Crippen molar-refractivity contribution < 1.29 is 9.18 Å². The van der Waals surface area contributed by atoms with Crippen molar-refractivity contribution in [2.24, 2.45) is 0 Å². The number of fused-ring (bicyclic) bond motifs is 1. The van der Waals surface area contributed by atoms with Crippen LogP contribution in [0, 0.1) is 5.82 Å². The Morgan fingerprint density at radius 3 is 2.47 bits per heavy atom. The van der Waals surface area contributed by atoms with Gasteiger partial charge in [0.2, 0.25) is 0 Å². The van der Waals surface area contributed by atoms with E-state index < -0.39 is 0 Å². The number of amides is 1. The monoisotopic (exact) mass is 544 g/mol. The van der Waals surface area contributed by atoms with Gasteiger partial charge in [-0.15, -0.1) is 0 Å². The predicted molar refractivity (Wildman–Crippen MR) is 151 cm³/mol. The first kappa shape index (κ1) is 25.9. The van der Waals surface area contributed by atoms with E-state index in [9.17, 15) is 9.18 Å². The van der Waals surface area contributed by atoms with E-state index >= 15 is 0 Å². The van der Waals surface area contributed by atoms with Crippen molar-refractivity contribution >= 4 is 40.3 Å². The number of nitrogens with zero attached hydrogens (tertiary/aromatic N) is 3. The third-order valence-corrected chi connectivity index (χ3v) is 7.71. The highest BCUT2D eigenvalue weighted by atomic mass is 35.5. The van der Waals surface area contributed by atoms with E-state index in [0.717, 1.165) is 39.3 Å². The Morgan fingerprint density at radius 2 is 1.74 bits per heavy atom. The van der Waals surface area contributed by atoms with Gasteiger partial charge in [0, 0.05) is 29.1 Å². The molecule has 2 heterocycles. The van der Waals surface area contributed by atoms with Gasteiger partial charge in [-0.1, -0.05) is 72.8 Å². The van der Waals surface area contributed by atoms with Crippen molar-refractivity contribution in [1.29, 1.82) is 0 Å². The molecule has 5 aromatic rings. The molecule has 0 aliphatic rings. The highest BCUT2D eigenvalue weighted by molar-refractivity contribution is 7.98. The molecule has 0 fully saturated rings. The molecule has 8 heteroatoms. The number of aryl methyl sites for hydroxylation is 1. The fourth-order valence-electron chi connectivity index (χ4n) is 4.11. The van der Waals surface area contributed by atoms with Gasteiger partial charge in [-0.3, -0.25) is 9.78 Å². The summed E-state index contributed by atoms with van der Waals surface area (Å²) in [6.07, 6.45) is 4.51. The average molecular weight is 545 g/mol. The van der Waals surface area contributed by atoms with Crippen LogP contribution in [0.1, 0.15) is 39.5 Å². The lowest BCUT2D eigenvalue weighted by atomic mass is 10.1. The van der Waals surface area contributed by atoms with E-state index in [1.54, 1.807) is 18.5 Å². The Balaban J connectivity index is 1.29. The number of imidazole rings is 1. The molecule has 0 bridgehead atoms. The summed E-state index contributed by atoms with van der Waals surface area (Å²) in [5, 5.41) is 4.20. The third kappa shape index (κ3) is 6.06. The number of thioether (sulfide) groups is 1. The summed E-state index contributed by atoms with van der Waals surface area (Å²) in [6, 6.07) is 22.2. The molecule has 0 radical (unpaired) electrons. The van der Waals surface area contributed by atoms with Gasteiger partial charge < -0.3 is 9.88 Å². The number of rotatable bonds is 9. The first-order valence-corrected chi connectivity index (χ1v) is 13.7. The van der Waals surface area contributed by atoms with Gasteiger partial charge in [-0.25, -0.2) is 9.37 Å². The normalized spacial score (nSPS) is 11.1. The Kier molecular flexibility index (Phi) is 8.05. The summed E-state index contributed by atoms with van der Waals surface area (Å²) >= 11 is 7.76. The standard InChI is InChI=1S/C30H26ClFN4OS/c1-2-20-3-5-21(6-4-20)16-34-29(37)23-9-7-22(8-10-23)18-36-28-17-33-14-13-27(28)35-30(36)38-19-24-11-12-25(32)15-26(24)31/h3-15,17H,2,16,18-19H2,1H3,(H,34,37). The van der Waals surface area contributed by atoms with Crippen LogP contribution in [0.4, 0.5) is 4.39 Å². The molecule has 0 spiro atoms. The van der Waals surface area contributed by atoms with Crippen LogP contribution >= 0.6 is 23.4 Å². The number of carbonyl (C=O) groups excluding carboxylic acids is 1. The van der Waals surface area contributed by atoms with Crippen molar-refractivity contribution in [2.75, 3.05) is 0 Å². The number of hydrogen-bond acceptors (Lipinski definition) is 4. The first-order chi connectivity index (χ1) is 18.5. The summed E-state index contributed by atoms with van der Waals surface area (Å²) in [7, 11) is 0. The van der Waals surface area contributed by atoms with Gasteiger partial charge >= 0.3 is 0 Å². The molecule has 0 aliphatic heterocycles. The van der Waals surface area contributed by atoms with Gasteiger partial charge in [0.15, 0.2) is 5.16 Å². The maximum atomic E-state index is 13.4. The summed E-state index contributed by atoms with van der Waals surface area (Å²) in [4.78, 5) is 21.8. The Bertz CT molecular complexity index is 1570. The van der Waals surface area contributed by atoms with Crippen LogP contribution in [0.2, 0.25) is 5.02 Å². The van der Waals surface area contributed by atoms with Crippen LogP contribution < -0.4 is 5.32 Å². The zero-order chi connectivity index (χ0) is 26.5. The van der Waals surface area contributed by atoms with Crippen LogP contribution in [-0.4, -0.2) is 20.4 Å². The molecule has 0 saturated heterocycles. The fraction of sp³-hybridized carbons (Fsp3) is 0.167. The molecule has 1 amide bonds. The summed E-state index contributed by atoms with van der Waals surface area (Å²) < 4.78 is 15.5. The lowest BCUT2D eigenvalue weighted by Gasteiger charge is -2.11. The molecule has 1 N–H and O–H groups in total. The first-order valence-electron chi connectivity index (χ1n) is 12.3. The van der Waals surface area contributed by atoms with Crippen molar-refractivity contribution in [3.63, 3.8) is 0 Å². The minimum Gasteiger partial charge on any atom is -0.348 e. The van der Waals surface area contributed by atoms with E-state index in [4.69, 9.17) is 16.6 Å². The SMILES string of the molecule is CCc1ccc(CNC(=O)c2ccc(Cn3c(SCc4ccc(F)cc4Cl)nc4ccncc43)cc2)cc1. The maximum absolute atomic E-state index is 13.4. The lowest BCUT2D eigenvalue weighted by Crippen LogP contribution is -2.22. The number of nitrogens with one attached hydrogen (secondary N) is 1. The maximum Gasteiger partial charge on any atom is 0.251 e. The van der Waals surface area contributed by atoms with Gasteiger partial charge in [-0.2, -0.15) is 0 Å². The molecular formula is C30H26ClFN4OS. The predicted octanol–water partition coefficient (Wildman–Crippen LogP) is 7.06. The molecule has 0 atom stereocenters. The Morgan fingerprint density at radius 1 is 1.00 bits per heavy atom. The van der Waals surface area contributed by atoms with Crippen LogP contribution in [0.25, 0.3) is 11.0 Å². The third-order valence-electron chi connectivity index (χ3n) is 6.33. The van der Waals surface area contributed by atoms with Crippen molar-refractivity contribution in [2.45, 2.75) is 37.3 Å². The van der Waals surface area contributed by atoms with Gasteiger partial charge in [0.1, 0.15) is 5.82 Å². The van der Waals surface area contributed by atoms with Crippen molar-refractivity contribution in [1.82, 2.24) is 19.9 Å². The van der Waals surface area contributed by atoms with E-state index in [0.29, 0.717) is 29.4 Å². The molecule has 38 heavy (non-hydrogen) atoms. The zero-order valence-corrected chi connectivity index (χ0v) is 22.4. The molecule has 192 valence electrons. The highest BCUT2D eigenvalue weighted by Crippen LogP contribution is 2.30. The molecule has 5 rings (SSSR count). The van der Waals surface area contributed by atoms with Crippen LogP contribution in [0.5, 0.6) is 0 Å². The number of carbonyl (C=O) groups is 1. The van der Waals surface area contributed by atoms with Crippen LogP contribution in [-0.2, 0) is 25.3 Å². The quantitative estimate of drug-likeness (QED) is 0.202. The minimum atomic E-state index is -0.357. The molecule has 3 aromatic carbocycles. The van der Waals surface area contributed by atoms with E-state index in [-0.39, 0.29) is 11.7 Å².